The summed E-state index contributed by atoms with van der Waals surface area (Å²) in [6.07, 6.45) is 2.01. The molecular weight excluding hydrogens is 292 g/mol. The van der Waals surface area contributed by atoms with E-state index in [2.05, 4.69) is 19.2 Å². The number of amides is 2. The molecule has 1 aromatic rings. The number of piperidine rings is 1. The minimum Gasteiger partial charge on any atom is -0.378 e. The van der Waals surface area contributed by atoms with Gasteiger partial charge in [-0.3, -0.25) is 9.59 Å². The summed E-state index contributed by atoms with van der Waals surface area (Å²) in [4.78, 5) is 25.6. The van der Waals surface area contributed by atoms with Crippen molar-refractivity contribution < 1.29 is 14.3 Å². The molecule has 1 fully saturated rings. The minimum absolute atomic E-state index is 0.0134. The van der Waals surface area contributed by atoms with Crippen molar-refractivity contribution in [2.24, 2.45) is 5.92 Å². The highest BCUT2D eigenvalue weighted by Crippen LogP contribution is 2.19. The number of hydrogen-bond donors (Lipinski definition) is 1. The van der Waals surface area contributed by atoms with Crippen LogP contribution >= 0.6 is 0 Å². The first-order valence-corrected chi connectivity index (χ1v) is 8.24. The number of likely N-dealkylation sites (tertiary alicyclic amines) is 1. The first kappa shape index (κ1) is 17.5. The van der Waals surface area contributed by atoms with E-state index in [9.17, 15) is 9.59 Å². The average Bonchev–Trinajstić information content (AvgIpc) is 2.52. The van der Waals surface area contributed by atoms with Crippen molar-refractivity contribution in [3.63, 3.8) is 0 Å². The number of hydrogen-bond acceptors (Lipinski definition) is 3. The molecule has 0 bridgehead atoms. The Labute approximate surface area is 138 Å². The van der Waals surface area contributed by atoms with Gasteiger partial charge in [0, 0.05) is 37.9 Å². The third-order valence-corrected chi connectivity index (χ3v) is 3.82. The van der Waals surface area contributed by atoms with Gasteiger partial charge in [-0.1, -0.05) is 19.9 Å². The lowest BCUT2D eigenvalue weighted by molar-refractivity contribution is -0.114. The highest BCUT2D eigenvalue weighted by Gasteiger charge is 2.24. The lowest BCUT2D eigenvalue weighted by Crippen LogP contribution is -2.41. The summed E-state index contributed by atoms with van der Waals surface area (Å²) >= 11 is 0. The largest absolute Gasteiger partial charge is 0.378 e. The highest BCUT2D eigenvalue weighted by atomic mass is 16.5. The van der Waals surface area contributed by atoms with Gasteiger partial charge in [0.2, 0.25) is 5.91 Å². The van der Waals surface area contributed by atoms with E-state index in [4.69, 9.17) is 4.74 Å². The van der Waals surface area contributed by atoms with Crippen LogP contribution in [0.3, 0.4) is 0 Å². The van der Waals surface area contributed by atoms with Crippen LogP contribution in [0.1, 0.15) is 44.0 Å². The fourth-order valence-corrected chi connectivity index (χ4v) is 2.67. The SMILES string of the molecule is CC(=O)Nc1cccc(C(=O)N2CCC(OCC(C)C)CC2)c1. The molecule has 0 atom stereocenters. The van der Waals surface area contributed by atoms with Gasteiger partial charge in [0.1, 0.15) is 0 Å². The van der Waals surface area contributed by atoms with Gasteiger partial charge in [0.15, 0.2) is 0 Å². The Morgan fingerprint density at radius 3 is 2.61 bits per heavy atom. The number of rotatable bonds is 5. The average molecular weight is 318 g/mol. The standard InChI is InChI=1S/C18H26N2O3/c1-13(2)12-23-17-7-9-20(10-8-17)18(22)15-5-4-6-16(11-15)19-14(3)21/h4-6,11,13,17H,7-10,12H2,1-3H3,(H,19,21). The molecule has 1 aliphatic heterocycles. The van der Waals surface area contributed by atoms with E-state index in [0.29, 0.717) is 30.3 Å². The van der Waals surface area contributed by atoms with Crippen molar-refractivity contribution in [1.29, 1.82) is 0 Å². The van der Waals surface area contributed by atoms with Gasteiger partial charge in [-0.25, -0.2) is 0 Å². The maximum atomic E-state index is 12.6. The molecule has 0 aliphatic carbocycles. The molecule has 23 heavy (non-hydrogen) atoms. The van der Waals surface area contributed by atoms with Gasteiger partial charge in [-0.2, -0.15) is 0 Å². The van der Waals surface area contributed by atoms with E-state index in [1.165, 1.54) is 6.92 Å². The maximum absolute atomic E-state index is 12.6. The Balaban J connectivity index is 1.91. The van der Waals surface area contributed by atoms with Gasteiger partial charge in [0.25, 0.3) is 5.91 Å². The van der Waals surface area contributed by atoms with Crippen molar-refractivity contribution in [1.82, 2.24) is 4.90 Å². The van der Waals surface area contributed by atoms with E-state index >= 15 is 0 Å². The molecule has 0 radical (unpaired) electrons. The van der Waals surface area contributed by atoms with Gasteiger partial charge >= 0.3 is 0 Å². The molecule has 5 heteroatoms. The molecule has 2 amide bonds. The zero-order chi connectivity index (χ0) is 16.8. The number of benzene rings is 1. The Morgan fingerprint density at radius 2 is 2.00 bits per heavy atom. The Kier molecular flexibility index (Phi) is 6.16. The minimum atomic E-state index is -0.141. The van der Waals surface area contributed by atoms with Gasteiger partial charge < -0.3 is 15.0 Å². The van der Waals surface area contributed by atoms with Crippen LogP contribution in [-0.4, -0.2) is 42.5 Å². The highest BCUT2D eigenvalue weighted by molar-refractivity contribution is 5.96. The monoisotopic (exact) mass is 318 g/mol. The predicted molar refractivity (Wildman–Crippen MR) is 90.5 cm³/mol. The van der Waals surface area contributed by atoms with Crippen LogP contribution in [0.5, 0.6) is 0 Å². The molecule has 1 heterocycles. The molecule has 126 valence electrons. The quantitative estimate of drug-likeness (QED) is 0.908. The number of nitrogens with zero attached hydrogens (tertiary/aromatic N) is 1. The van der Waals surface area contributed by atoms with E-state index in [-0.39, 0.29) is 17.9 Å². The van der Waals surface area contributed by atoms with Crippen molar-refractivity contribution in [2.75, 3.05) is 25.0 Å². The number of carbonyl (C=O) groups is 2. The van der Waals surface area contributed by atoms with Crippen LogP contribution in [-0.2, 0) is 9.53 Å². The topological polar surface area (TPSA) is 58.6 Å². The summed E-state index contributed by atoms with van der Waals surface area (Å²) in [5, 5.41) is 2.71. The van der Waals surface area contributed by atoms with E-state index in [1.807, 2.05) is 4.90 Å². The zero-order valence-corrected chi connectivity index (χ0v) is 14.2. The molecular formula is C18H26N2O3. The summed E-state index contributed by atoms with van der Waals surface area (Å²) < 4.78 is 5.86. The van der Waals surface area contributed by atoms with Crippen LogP contribution in [0.4, 0.5) is 5.69 Å². The molecule has 5 nitrogen and oxygen atoms in total. The smallest absolute Gasteiger partial charge is 0.253 e. The van der Waals surface area contributed by atoms with Gasteiger partial charge in [0.05, 0.1) is 6.10 Å². The summed E-state index contributed by atoms with van der Waals surface area (Å²) in [7, 11) is 0. The summed E-state index contributed by atoms with van der Waals surface area (Å²) in [6.45, 7) is 7.94. The number of nitrogens with one attached hydrogen (secondary N) is 1. The van der Waals surface area contributed by atoms with Crippen LogP contribution in [0.15, 0.2) is 24.3 Å². The molecule has 0 aromatic heterocycles. The fraction of sp³-hybridized carbons (Fsp3) is 0.556. The molecule has 2 rings (SSSR count). The summed E-state index contributed by atoms with van der Waals surface area (Å²) in [5.74, 6) is 0.406. The molecule has 1 saturated heterocycles. The molecule has 1 aromatic carbocycles. The van der Waals surface area contributed by atoms with E-state index in [1.54, 1.807) is 24.3 Å². The van der Waals surface area contributed by atoms with Crippen molar-refractivity contribution >= 4 is 17.5 Å². The third kappa shape index (κ3) is 5.36. The predicted octanol–water partition coefficient (Wildman–Crippen LogP) is 2.92. The Morgan fingerprint density at radius 1 is 1.30 bits per heavy atom. The van der Waals surface area contributed by atoms with Crippen molar-refractivity contribution in [2.45, 2.75) is 39.7 Å². The van der Waals surface area contributed by atoms with E-state index < -0.39 is 0 Å². The maximum Gasteiger partial charge on any atom is 0.253 e. The van der Waals surface area contributed by atoms with Crippen LogP contribution < -0.4 is 5.32 Å². The molecule has 1 N–H and O–H groups in total. The first-order valence-electron chi connectivity index (χ1n) is 8.24. The van der Waals surface area contributed by atoms with Gasteiger partial charge in [-0.15, -0.1) is 0 Å². The number of ether oxygens (including phenoxy) is 1. The van der Waals surface area contributed by atoms with E-state index in [0.717, 1.165) is 19.4 Å². The van der Waals surface area contributed by atoms with Crippen LogP contribution in [0.2, 0.25) is 0 Å². The second-order valence-electron chi connectivity index (χ2n) is 6.48. The summed E-state index contributed by atoms with van der Waals surface area (Å²) in [5.41, 5.74) is 1.26. The van der Waals surface area contributed by atoms with Gasteiger partial charge in [-0.05, 0) is 37.0 Å². The lowest BCUT2D eigenvalue weighted by Gasteiger charge is -2.32. The van der Waals surface area contributed by atoms with Crippen molar-refractivity contribution in [3.05, 3.63) is 29.8 Å². The normalized spacial score (nSPS) is 15.7. The zero-order valence-electron chi connectivity index (χ0n) is 14.2. The summed E-state index contributed by atoms with van der Waals surface area (Å²) in [6, 6.07) is 7.08. The fourth-order valence-electron chi connectivity index (χ4n) is 2.67. The lowest BCUT2D eigenvalue weighted by atomic mass is 10.1. The Hall–Kier alpha value is -1.88. The van der Waals surface area contributed by atoms with Crippen molar-refractivity contribution in [3.8, 4) is 0 Å². The second-order valence-corrected chi connectivity index (χ2v) is 6.48. The number of anilines is 1. The first-order chi connectivity index (χ1) is 11.0. The Bertz CT molecular complexity index is 549. The molecule has 1 aliphatic rings. The van der Waals surface area contributed by atoms with Crippen LogP contribution in [0, 0.1) is 5.92 Å². The third-order valence-electron chi connectivity index (χ3n) is 3.82. The number of carbonyl (C=O) groups excluding carboxylic acids is 2. The second kappa shape index (κ2) is 8.11. The molecule has 0 unspecified atom stereocenters. The van der Waals surface area contributed by atoms with Crippen LogP contribution in [0.25, 0.3) is 0 Å². The molecule has 0 saturated carbocycles. The molecule has 0 spiro atoms.